The molecule has 0 aromatic heterocycles. The molecule has 0 saturated carbocycles. The van der Waals surface area contributed by atoms with Crippen molar-refractivity contribution in [1.29, 1.82) is 0 Å². The molecule has 14 heavy (non-hydrogen) atoms. The zero-order chi connectivity index (χ0) is 10.9. The Kier molecular flexibility index (Phi) is 2.62. The van der Waals surface area contributed by atoms with Gasteiger partial charge < -0.3 is 16.2 Å². The van der Waals surface area contributed by atoms with Gasteiger partial charge >= 0.3 is 0 Å². The van der Waals surface area contributed by atoms with Crippen LogP contribution in [0.15, 0.2) is 23.1 Å². The largest absolute Gasteiger partial charge is 0.733 e. The third-order valence-electron chi connectivity index (χ3n) is 1.50. The van der Waals surface area contributed by atoms with Gasteiger partial charge in [0.25, 0.3) is 10.1 Å². The molecule has 0 aliphatic rings. The quantitative estimate of drug-likeness (QED) is 0.368. The van der Waals surface area contributed by atoms with Crippen molar-refractivity contribution in [2.75, 3.05) is 11.0 Å². The fourth-order valence-electron chi connectivity index (χ4n) is 0.865. The first-order chi connectivity index (χ1) is 6.32. The molecule has 0 aliphatic carbocycles. The van der Waals surface area contributed by atoms with E-state index in [0.29, 0.717) is 0 Å². The van der Waals surface area contributed by atoms with Crippen molar-refractivity contribution in [3.05, 3.63) is 23.4 Å². The zero-order valence-electron chi connectivity index (χ0n) is 6.78. The first-order valence-corrected chi connectivity index (χ1v) is 4.79. The first-order valence-electron chi connectivity index (χ1n) is 3.35. The number of benzene rings is 1. The van der Waals surface area contributed by atoms with Gasteiger partial charge in [-0.2, -0.15) is 8.42 Å². The smallest absolute Gasteiger partial charge is 0.296 e. The Morgan fingerprint density at radius 1 is 1.43 bits per heavy atom. The van der Waals surface area contributed by atoms with E-state index in [1.165, 1.54) is 0 Å². The van der Waals surface area contributed by atoms with Crippen molar-refractivity contribution in [1.82, 2.24) is 0 Å². The van der Waals surface area contributed by atoms with E-state index in [2.05, 4.69) is 0 Å². The van der Waals surface area contributed by atoms with E-state index in [-0.39, 0.29) is 11.4 Å². The normalized spacial score (nSPS) is 11.4. The second-order valence-corrected chi connectivity index (χ2v) is 3.86. The number of nitrogens with zero attached hydrogens (tertiary/aromatic N) is 1. The molecule has 78 valence electrons. The van der Waals surface area contributed by atoms with Crippen molar-refractivity contribution >= 4 is 21.5 Å². The minimum atomic E-state index is -4.49. The van der Waals surface area contributed by atoms with Gasteiger partial charge in [0, 0.05) is 0 Å². The highest BCUT2D eigenvalue weighted by atomic mass is 32.2. The molecular weight excluding hydrogens is 212 g/mol. The van der Waals surface area contributed by atoms with Gasteiger partial charge in [-0.25, -0.2) is 0 Å². The summed E-state index contributed by atoms with van der Waals surface area (Å²) < 4.78 is 30.1. The molecule has 0 saturated heterocycles. The van der Waals surface area contributed by atoms with E-state index in [1.807, 2.05) is 0 Å². The van der Waals surface area contributed by atoms with Crippen LogP contribution in [0.5, 0.6) is 0 Å². The predicted octanol–water partition coefficient (Wildman–Crippen LogP) is 0.209. The lowest BCUT2D eigenvalue weighted by Gasteiger charge is -2.22. The van der Waals surface area contributed by atoms with Crippen LogP contribution < -0.4 is 11.0 Å². The van der Waals surface area contributed by atoms with E-state index in [4.69, 9.17) is 15.5 Å². The van der Waals surface area contributed by atoms with E-state index >= 15 is 0 Å². The summed E-state index contributed by atoms with van der Waals surface area (Å²) in [6, 6.07) is 2.95. The van der Waals surface area contributed by atoms with Crippen molar-refractivity contribution in [3.63, 3.8) is 0 Å². The topological polar surface area (TPSA) is 127 Å². The molecule has 0 aliphatic heterocycles. The maximum Gasteiger partial charge on any atom is 0.296 e. The minimum Gasteiger partial charge on any atom is -0.733 e. The molecule has 0 bridgehead atoms. The van der Waals surface area contributed by atoms with Crippen molar-refractivity contribution in [2.24, 2.45) is 0 Å². The standard InChI is InChI=1S/C6H7N2O5S/c7-5-2-1-4(8(9)10)3-6(5)14(11,12)13/h1-3,9H,7H2,(H,11,12,13)/q-1. The summed E-state index contributed by atoms with van der Waals surface area (Å²) >= 11 is 0. The average molecular weight is 219 g/mol. The molecule has 0 atom stereocenters. The molecule has 0 radical (unpaired) electrons. The molecule has 1 aromatic carbocycles. The molecule has 0 fully saturated rings. The van der Waals surface area contributed by atoms with E-state index in [0.717, 1.165) is 18.2 Å². The lowest BCUT2D eigenvalue weighted by Crippen LogP contribution is -2.09. The van der Waals surface area contributed by atoms with Gasteiger partial charge in [-0.3, -0.25) is 9.76 Å². The van der Waals surface area contributed by atoms with Crippen LogP contribution in [0.25, 0.3) is 0 Å². The SMILES string of the molecule is Nc1ccc(N([O-])O)cc1S(=O)(=O)O. The zero-order valence-corrected chi connectivity index (χ0v) is 7.60. The van der Waals surface area contributed by atoms with Gasteiger partial charge in [-0.1, -0.05) is 0 Å². The minimum absolute atomic E-state index is 0.210. The molecule has 8 heteroatoms. The van der Waals surface area contributed by atoms with Crippen LogP contribution in [0.4, 0.5) is 11.4 Å². The fraction of sp³-hybridized carbons (Fsp3) is 0. The van der Waals surface area contributed by atoms with Gasteiger partial charge in [0.1, 0.15) is 4.90 Å². The Bertz CT molecular complexity index is 442. The number of nitrogen functional groups attached to an aromatic ring is 1. The summed E-state index contributed by atoms with van der Waals surface area (Å²) in [5.74, 6) is 0. The number of hydrogen-bond donors (Lipinski definition) is 3. The van der Waals surface area contributed by atoms with Crippen LogP contribution in [0.1, 0.15) is 0 Å². The lowest BCUT2D eigenvalue weighted by molar-refractivity contribution is 0.296. The highest BCUT2D eigenvalue weighted by molar-refractivity contribution is 7.86. The number of nitrogens with two attached hydrogens (primary N) is 1. The summed E-state index contributed by atoms with van der Waals surface area (Å²) in [6.07, 6.45) is 0. The number of rotatable bonds is 2. The Hall–Kier alpha value is -1.35. The first kappa shape index (κ1) is 10.7. The summed E-state index contributed by atoms with van der Waals surface area (Å²) in [6.45, 7) is 0. The van der Waals surface area contributed by atoms with E-state index in [9.17, 15) is 13.6 Å². The van der Waals surface area contributed by atoms with Gasteiger partial charge in [0.05, 0.1) is 11.4 Å². The van der Waals surface area contributed by atoms with E-state index < -0.39 is 20.2 Å². The van der Waals surface area contributed by atoms with E-state index in [1.54, 1.807) is 0 Å². The highest BCUT2D eigenvalue weighted by Gasteiger charge is 2.14. The van der Waals surface area contributed by atoms with Crippen LogP contribution >= 0.6 is 0 Å². The molecule has 0 unspecified atom stereocenters. The third-order valence-corrected chi connectivity index (χ3v) is 2.41. The van der Waals surface area contributed by atoms with Crippen molar-refractivity contribution in [2.45, 2.75) is 4.90 Å². The number of anilines is 2. The molecule has 7 nitrogen and oxygen atoms in total. The van der Waals surface area contributed by atoms with Crippen LogP contribution in [0.3, 0.4) is 0 Å². The maximum absolute atomic E-state index is 10.7. The van der Waals surface area contributed by atoms with Crippen LogP contribution in [0, 0.1) is 5.21 Å². The predicted molar refractivity (Wildman–Crippen MR) is 48.3 cm³/mol. The third kappa shape index (κ3) is 2.12. The Labute approximate surface area is 79.7 Å². The summed E-state index contributed by atoms with van der Waals surface area (Å²) in [5, 5.41) is 18.3. The van der Waals surface area contributed by atoms with Crippen molar-refractivity contribution < 1.29 is 18.2 Å². The Morgan fingerprint density at radius 3 is 2.43 bits per heavy atom. The second kappa shape index (κ2) is 3.42. The molecule has 4 N–H and O–H groups in total. The number of hydrogen-bond acceptors (Lipinski definition) is 6. The summed E-state index contributed by atoms with van der Waals surface area (Å²) in [5.41, 5.74) is 4.68. The van der Waals surface area contributed by atoms with Crippen LogP contribution in [0.2, 0.25) is 0 Å². The lowest BCUT2D eigenvalue weighted by atomic mass is 10.3. The van der Waals surface area contributed by atoms with Crippen LogP contribution in [-0.2, 0) is 10.1 Å². The van der Waals surface area contributed by atoms with Gasteiger partial charge in [-0.05, 0) is 18.2 Å². The van der Waals surface area contributed by atoms with Gasteiger partial charge in [0.15, 0.2) is 0 Å². The summed E-state index contributed by atoms with van der Waals surface area (Å²) in [7, 11) is -4.49. The van der Waals surface area contributed by atoms with Crippen molar-refractivity contribution in [3.8, 4) is 0 Å². The molecule has 0 spiro atoms. The van der Waals surface area contributed by atoms with Crippen LogP contribution in [-0.4, -0.2) is 18.2 Å². The Morgan fingerprint density at radius 2 is 2.00 bits per heavy atom. The molecular formula is C6H7N2O5S-. The molecule has 1 aromatic rings. The molecule has 0 heterocycles. The average Bonchev–Trinajstić information content (AvgIpc) is 2.02. The monoisotopic (exact) mass is 219 g/mol. The highest BCUT2D eigenvalue weighted by Crippen LogP contribution is 2.23. The molecule has 1 rings (SSSR count). The Balaban J connectivity index is 3.37. The molecule has 0 amide bonds. The van der Waals surface area contributed by atoms with Gasteiger partial charge in [-0.15, -0.1) is 0 Å². The second-order valence-electron chi connectivity index (χ2n) is 2.47. The maximum atomic E-state index is 10.7. The van der Waals surface area contributed by atoms with Gasteiger partial charge in [0.2, 0.25) is 0 Å². The summed E-state index contributed by atoms with van der Waals surface area (Å²) in [4.78, 5) is -0.620. The fourth-order valence-corrected chi connectivity index (χ4v) is 1.50.